The largest absolute Gasteiger partial charge is 0.396 e. The lowest BCUT2D eigenvalue weighted by atomic mass is 10.1. The molecule has 0 unspecified atom stereocenters. The van der Waals surface area contributed by atoms with E-state index in [-0.39, 0.29) is 12.4 Å². The molecule has 1 rings (SSSR count). The molecule has 0 heterocycles. The number of aliphatic hydroxyl groups is 1. The first kappa shape index (κ1) is 14.2. The van der Waals surface area contributed by atoms with Crippen LogP contribution in [-0.2, 0) is 16.4 Å². The molecule has 0 radical (unpaired) electrons. The molecule has 1 aromatic carbocycles. The summed E-state index contributed by atoms with van der Waals surface area (Å²) >= 11 is 0. The molecule has 0 aliphatic heterocycles. The average Bonchev–Trinajstić information content (AvgIpc) is 2.30. The molecule has 0 fully saturated rings. The van der Waals surface area contributed by atoms with Crippen LogP contribution in [0.4, 0.5) is 0 Å². The summed E-state index contributed by atoms with van der Waals surface area (Å²) in [7, 11) is -3.19. The molecule has 0 amide bonds. The molecular weight excluding hydrogens is 238 g/mol. The van der Waals surface area contributed by atoms with Crippen LogP contribution in [0.3, 0.4) is 0 Å². The Balaban J connectivity index is 2.26. The van der Waals surface area contributed by atoms with Gasteiger partial charge in [0.25, 0.3) is 0 Å². The molecule has 0 saturated heterocycles. The quantitative estimate of drug-likeness (QED) is 0.681. The topological polar surface area (TPSA) is 66.4 Å². The van der Waals surface area contributed by atoms with Gasteiger partial charge in [-0.2, -0.15) is 0 Å². The minimum absolute atomic E-state index is 0.00648. The lowest BCUT2D eigenvalue weighted by Crippen LogP contribution is -2.28. The molecule has 2 N–H and O–H groups in total. The Labute approximate surface area is 103 Å². The van der Waals surface area contributed by atoms with E-state index in [0.29, 0.717) is 19.4 Å². The first-order chi connectivity index (χ1) is 8.14. The number of nitrogens with one attached hydrogen (secondary N) is 1. The van der Waals surface area contributed by atoms with E-state index in [1.807, 2.05) is 30.3 Å². The van der Waals surface area contributed by atoms with Crippen LogP contribution in [0.1, 0.15) is 18.4 Å². The maximum atomic E-state index is 11.5. The summed E-state index contributed by atoms with van der Waals surface area (Å²) < 4.78 is 25.5. The molecule has 0 aromatic heterocycles. The van der Waals surface area contributed by atoms with Crippen molar-refractivity contribution in [3.63, 3.8) is 0 Å². The summed E-state index contributed by atoms with van der Waals surface area (Å²) in [6, 6.07) is 9.82. The van der Waals surface area contributed by atoms with Crippen LogP contribution in [0.15, 0.2) is 30.3 Å². The SMILES string of the molecule is O=S(=O)(CCCc1ccccc1)NCCCO. The molecule has 0 spiro atoms. The summed E-state index contributed by atoms with van der Waals surface area (Å²) in [5.41, 5.74) is 1.15. The summed E-state index contributed by atoms with van der Waals surface area (Å²) in [4.78, 5) is 0. The number of aliphatic hydroxyl groups excluding tert-OH is 1. The molecular formula is C12H19NO3S. The first-order valence-electron chi connectivity index (χ1n) is 5.76. The molecule has 0 atom stereocenters. The van der Waals surface area contributed by atoms with Crippen LogP contribution in [0.2, 0.25) is 0 Å². The Morgan fingerprint density at radius 1 is 1.12 bits per heavy atom. The van der Waals surface area contributed by atoms with Crippen LogP contribution < -0.4 is 4.72 Å². The maximum absolute atomic E-state index is 11.5. The number of rotatable bonds is 8. The van der Waals surface area contributed by atoms with Crippen molar-refractivity contribution in [1.29, 1.82) is 0 Å². The van der Waals surface area contributed by atoms with E-state index in [4.69, 9.17) is 5.11 Å². The van der Waals surface area contributed by atoms with Crippen LogP contribution >= 0.6 is 0 Å². The van der Waals surface area contributed by atoms with Crippen LogP contribution in [-0.4, -0.2) is 32.4 Å². The van der Waals surface area contributed by atoms with Gasteiger partial charge in [-0.3, -0.25) is 0 Å². The summed E-state index contributed by atoms with van der Waals surface area (Å²) in [5, 5.41) is 8.55. The van der Waals surface area contributed by atoms with E-state index < -0.39 is 10.0 Å². The third-order valence-corrected chi connectivity index (χ3v) is 3.85. The molecule has 0 aliphatic rings. The minimum atomic E-state index is -3.19. The third kappa shape index (κ3) is 6.41. The highest BCUT2D eigenvalue weighted by atomic mass is 32.2. The van der Waals surface area contributed by atoms with Gasteiger partial charge in [0.05, 0.1) is 5.75 Å². The fourth-order valence-corrected chi connectivity index (χ4v) is 2.61. The lowest BCUT2D eigenvalue weighted by Gasteiger charge is -2.05. The fraction of sp³-hybridized carbons (Fsp3) is 0.500. The van der Waals surface area contributed by atoms with Crippen molar-refractivity contribution in [3.8, 4) is 0 Å². The highest BCUT2D eigenvalue weighted by molar-refractivity contribution is 7.89. The van der Waals surface area contributed by atoms with Gasteiger partial charge in [-0.05, 0) is 24.8 Å². The van der Waals surface area contributed by atoms with E-state index in [1.54, 1.807) is 0 Å². The van der Waals surface area contributed by atoms with Crippen molar-refractivity contribution in [1.82, 2.24) is 4.72 Å². The molecule has 0 saturated carbocycles. The van der Waals surface area contributed by atoms with Crippen LogP contribution in [0, 0.1) is 0 Å². The Morgan fingerprint density at radius 2 is 1.82 bits per heavy atom. The Kier molecular flexibility index (Phi) is 6.18. The Hall–Kier alpha value is -0.910. The zero-order valence-corrected chi connectivity index (χ0v) is 10.6. The maximum Gasteiger partial charge on any atom is 0.211 e. The Bertz CT molecular complexity index is 403. The average molecular weight is 257 g/mol. The smallest absolute Gasteiger partial charge is 0.211 e. The fourth-order valence-electron chi connectivity index (χ4n) is 1.49. The summed E-state index contributed by atoms with van der Waals surface area (Å²) in [6.45, 7) is 0.316. The molecule has 5 heteroatoms. The van der Waals surface area contributed by atoms with Gasteiger partial charge in [0, 0.05) is 13.2 Å². The standard InChI is InChI=1S/C12H19NO3S/c14-10-5-9-13-17(15,16)11-4-8-12-6-2-1-3-7-12/h1-3,6-7,13-14H,4-5,8-11H2. The van der Waals surface area contributed by atoms with Crippen LogP contribution in [0.25, 0.3) is 0 Å². The normalized spacial score (nSPS) is 11.6. The third-order valence-electron chi connectivity index (χ3n) is 2.38. The summed E-state index contributed by atoms with van der Waals surface area (Å²) in [6.07, 6.45) is 1.83. The summed E-state index contributed by atoms with van der Waals surface area (Å²) in [5.74, 6) is 0.132. The van der Waals surface area contributed by atoms with Gasteiger partial charge in [0.15, 0.2) is 0 Å². The van der Waals surface area contributed by atoms with E-state index in [2.05, 4.69) is 4.72 Å². The van der Waals surface area contributed by atoms with E-state index in [1.165, 1.54) is 0 Å². The zero-order chi connectivity index (χ0) is 12.6. The van der Waals surface area contributed by atoms with Gasteiger partial charge in [0.1, 0.15) is 0 Å². The van der Waals surface area contributed by atoms with Gasteiger partial charge >= 0.3 is 0 Å². The van der Waals surface area contributed by atoms with Crippen molar-refractivity contribution in [2.45, 2.75) is 19.3 Å². The second-order valence-corrected chi connectivity index (χ2v) is 5.81. The number of hydrogen-bond donors (Lipinski definition) is 2. The van der Waals surface area contributed by atoms with E-state index in [0.717, 1.165) is 12.0 Å². The van der Waals surface area contributed by atoms with Gasteiger partial charge < -0.3 is 5.11 Å². The number of hydrogen-bond acceptors (Lipinski definition) is 3. The van der Waals surface area contributed by atoms with E-state index in [9.17, 15) is 8.42 Å². The van der Waals surface area contributed by atoms with Crippen molar-refractivity contribution in [2.24, 2.45) is 0 Å². The lowest BCUT2D eigenvalue weighted by molar-refractivity contribution is 0.289. The first-order valence-corrected chi connectivity index (χ1v) is 7.41. The second kappa shape index (κ2) is 7.42. The molecule has 0 bridgehead atoms. The highest BCUT2D eigenvalue weighted by Crippen LogP contribution is 2.03. The van der Waals surface area contributed by atoms with Gasteiger partial charge in [-0.1, -0.05) is 30.3 Å². The van der Waals surface area contributed by atoms with E-state index >= 15 is 0 Å². The molecule has 0 aliphatic carbocycles. The number of sulfonamides is 1. The molecule has 4 nitrogen and oxygen atoms in total. The Morgan fingerprint density at radius 3 is 2.47 bits per heavy atom. The van der Waals surface area contributed by atoms with Crippen molar-refractivity contribution in [2.75, 3.05) is 18.9 Å². The van der Waals surface area contributed by atoms with Gasteiger partial charge in [-0.15, -0.1) is 0 Å². The predicted octanol–water partition coefficient (Wildman–Crippen LogP) is 0.921. The minimum Gasteiger partial charge on any atom is -0.396 e. The zero-order valence-electron chi connectivity index (χ0n) is 9.80. The van der Waals surface area contributed by atoms with Crippen molar-refractivity contribution in [3.05, 3.63) is 35.9 Å². The molecule has 17 heavy (non-hydrogen) atoms. The predicted molar refractivity (Wildman–Crippen MR) is 68.3 cm³/mol. The van der Waals surface area contributed by atoms with Gasteiger partial charge in [-0.25, -0.2) is 13.1 Å². The van der Waals surface area contributed by atoms with Gasteiger partial charge in [0.2, 0.25) is 10.0 Å². The van der Waals surface area contributed by atoms with Crippen molar-refractivity contribution < 1.29 is 13.5 Å². The second-order valence-electron chi connectivity index (χ2n) is 3.88. The van der Waals surface area contributed by atoms with Crippen molar-refractivity contribution >= 4 is 10.0 Å². The monoisotopic (exact) mass is 257 g/mol. The highest BCUT2D eigenvalue weighted by Gasteiger charge is 2.08. The number of benzene rings is 1. The molecule has 96 valence electrons. The van der Waals surface area contributed by atoms with Crippen LogP contribution in [0.5, 0.6) is 0 Å². The number of aryl methyl sites for hydroxylation is 1. The molecule has 1 aromatic rings.